The molecule has 8 heteroatoms. The van der Waals surface area contributed by atoms with Crippen molar-refractivity contribution in [1.82, 2.24) is 0 Å². The van der Waals surface area contributed by atoms with Gasteiger partial charge in [0.2, 0.25) is 0 Å². The van der Waals surface area contributed by atoms with Crippen molar-refractivity contribution in [3.05, 3.63) is 33.2 Å². The van der Waals surface area contributed by atoms with Crippen LogP contribution in [0.15, 0.2) is 11.2 Å². The number of benzene rings is 1. The number of nitrogens with two attached hydrogens (primary N) is 1. The fourth-order valence-corrected chi connectivity index (χ4v) is 1.78. The molecule has 0 spiro atoms. The number of anilines is 1. The number of hydrogen-bond donors (Lipinski definition) is 1. The van der Waals surface area contributed by atoms with Crippen LogP contribution < -0.4 is 11.2 Å². The summed E-state index contributed by atoms with van der Waals surface area (Å²) in [5.74, 6) is 0. The van der Waals surface area contributed by atoms with E-state index in [0.29, 0.717) is 5.56 Å². The molecule has 0 saturated carbocycles. The van der Waals surface area contributed by atoms with Crippen LogP contribution in [0, 0.1) is 13.8 Å². The average Bonchev–Trinajstić information content (AvgIpc) is 2.20. The number of halogens is 3. The Morgan fingerprint density at radius 1 is 1.35 bits per heavy atom. The fraction of sp³-hybridized carbons (Fsp3) is 0.333. The number of azide groups is 1. The summed E-state index contributed by atoms with van der Waals surface area (Å²) in [5.41, 5.74) is 13.5. The van der Waals surface area contributed by atoms with Crippen LogP contribution in [0.4, 0.5) is 18.6 Å². The molecule has 0 aliphatic rings. The third kappa shape index (κ3) is 2.65. The van der Waals surface area contributed by atoms with Gasteiger partial charge in [0.05, 0.1) is 6.54 Å². The molecule has 0 atom stereocenters. The Kier molecular flexibility index (Phi) is 3.58. The summed E-state index contributed by atoms with van der Waals surface area (Å²) in [5, 5.41) is 3.26. The van der Waals surface area contributed by atoms with Crippen molar-refractivity contribution < 1.29 is 12.9 Å². The molecule has 1 aromatic carbocycles. The van der Waals surface area contributed by atoms with Crippen molar-refractivity contribution in [3.8, 4) is 0 Å². The van der Waals surface area contributed by atoms with Gasteiger partial charge in [0, 0.05) is 10.6 Å². The average molecular weight is 243 g/mol. The van der Waals surface area contributed by atoms with Gasteiger partial charge in [0.1, 0.15) is 0 Å². The lowest BCUT2D eigenvalue weighted by atomic mass is 9.72. The summed E-state index contributed by atoms with van der Waals surface area (Å²) in [6.45, 7) is -2.56. The molecule has 0 radical (unpaired) electrons. The molecule has 4 nitrogen and oxygen atoms in total. The first-order chi connectivity index (χ1) is 7.79. The zero-order chi connectivity index (χ0) is 13.2. The van der Waals surface area contributed by atoms with E-state index in [1.165, 1.54) is 19.9 Å². The van der Waals surface area contributed by atoms with E-state index in [4.69, 9.17) is 11.3 Å². The predicted molar refractivity (Wildman–Crippen MR) is 61.9 cm³/mol. The van der Waals surface area contributed by atoms with Crippen molar-refractivity contribution in [2.75, 3.05) is 5.73 Å². The van der Waals surface area contributed by atoms with E-state index in [-0.39, 0.29) is 23.4 Å². The molecule has 0 aromatic heterocycles. The first kappa shape index (κ1) is 13.3. The van der Waals surface area contributed by atoms with E-state index in [2.05, 4.69) is 10.0 Å². The van der Waals surface area contributed by atoms with Crippen LogP contribution in [0.5, 0.6) is 0 Å². The SMILES string of the molecule is Cc1c(N)cc(CN=[N+]=[N-])c(C)c1[B-](F)(F)F. The van der Waals surface area contributed by atoms with Gasteiger partial charge in [-0.25, -0.2) is 0 Å². The lowest BCUT2D eigenvalue weighted by Crippen LogP contribution is -2.39. The van der Waals surface area contributed by atoms with Crippen LogP contribution in [0.3, 0.4) is 0 Å². The molecule has 17 heavy (non-hydrogen) atoms. The third-order valence-corrected chi connectivity index (χ3v) is 2.68. The van der Waals surface area contributed by atoms with Gasteiger partial charge in [0.15, 0.2) is 0 Å². The Morgan fingerprint density at radius 3 is 2.41 bits per heavy atom. The minimum absolute atomic E-state index is 0.0275. The van der Waals surface area contributed by atoms with Crippen molar-refractivity contribution in [2.45, 2.75) is 20.4 Å². The van der Waals surface area contributed by atoms with E-state index in [1.807, 2.05) is 0 Å². The summed E-state index contributed by atoms with van der Waals surface area (Å²) >= 11 is 0. The van der Waals surface area contributed by atoms with Gasteiger partial charge in [-0.1, -0.05) is 16.2 Å². The van der Waals surface area contributed by atoms with E-state index >= 15 is 0 Å². The quantitative estimate of drug-likeness (QED) is 0.286. The minimum atomic E-state index is -5.13. The molecule has 0 amide bonds. The van der Waals surface area contributed by atoms with Crippen molar-refractivity contribution >= 4 is 18.1 Å². The van der Waals surface area contributed by atoms with E-state index in [9.17, 15) is 12.9 Å². The zero-order valence-electron chi connectivity index (χ0n) is 9.41. The summed E-state index contributed by atoms with van der Waals surface area (Å²) in [6, 6.07) is 1.42. The molecular weight excluding hydrogens is 232 g/mol. The Labute approximate surface area is 96.3 Å². The number of nitrogens with zero attached hydrogens (tertiary/aromatic N) is 3. The zero-order valence-corrected chi connectivity index (χ0v) is 9.41. The molecule has 0 aliphatic heterocycles. The predicted octanol–water partition coefficient (Wildman–Crippen LogP) is 2.75. The van der Waals surface area contributed by atoms with Crippen LogP contribution >= 0.6 is 0 Å². The van der Waals surface area contributed by atoms with E-state index in [0.717, 1.165) is 0 Å². The lowest BCUT2D eigenvalue weighted by molar-refractivity contribution is 0.500. The topological polar surface area (TPSA) is 74.8 Å². The van der Waals surface area contributed by atoms with Crippen LogP contribution in [-0.2, 0) is 6.54 Å². The van der Waals surface area contributed by atoms with Gasteiger partial charge in [-0.05, 0) is 31.0 Å². The first-order valence-electron chi connectivity index (χ1n) is 4.88. The molecule has 0 heterocycles. The first-order valence-corrected chi connectivity index (χ1v) is 4.88. The Bertz CT molecular complexity index is 492. The van der Waals surface area contributed by atoms with Gasteiger partial charge in [-0.15, -0.1) is 5.46 Å². The Hall–Kier alpha value is -1.82. The molecule has 0 fully saturated rings. The second kappa shape index (κ2) is 4.59. The van der Waals surface area contributed by atoms with E-state index in [1.54, 1.807) is 0 Å². The highest BCUT2D eigenvalue weighted by molar-refractivity contribution is 6.74. The standard InChI is InChI=1S/C9H11BF3N4/c1-5-7(4-16-17-15)3-8(14)6(2)9(5)10(11,12)13/h3H,4,14H2,1-2H3/q-1. The van der Waals surface area contributed by atoms with Crippen molar-refractivity contribution in [2.24, 2.45) is 5.11 Å². The third-order valence-electron chi connectivity index (χ3n) is 2.68. The van der Waals surface area contributed by atoms with Crippen LogP contribution in [0.1, 0.15) is 16.7 Å². The number of nitrogen functional groups attached to an aromatic ring is 1. The summed E-state index contributed by atoms with van der Waals surface area (Å²) < 4.78 is 38.7. The maximum Gasteiger partial charge on any atom is 0.510 e. The smallest absolute Gasteiger partial charge is 0.445 e. The second-order valence-electron chi connectivity index (χ2n) is 3.75. The van der Waals surface area contributed by atoms with Crippen LogP contribution in [-0.4, -0.2) is 6.98 Å². The molecule has 0 saturated heterocycles. The van der Waals surface area contributed by atoms with Crippen LogP contribution in [0.25, 0.3) is 10.4 Å². The molecule has 0 unspecified atom stereocenters. The molecular formula is C9H11BF3N4-. The Balaban J connectivity index is 3.48. The second-order valence-corrected chi connectivity index (χ2v) is 3.75. The highest BCUT2D eigenvalue weighted by Crippen LogP contribution is 2.23. The molecule has 1 aromatic rings. The molecule has 2 N–H and O–H groups in total. The Morgan fingerprint density at radius 2 is 1.94 bits per heavy atom. The monoisotopic (exact) mass is 243 g/mol. The number of hydrogen-bond acceptors (Lipinski definition) is 2. The van der Waals surface area contributed by atoms with Gasteiger partial charge in [-0.3, -0.25) is 0 Å². The van der Waals surface area contributed by atoms with Gasteiger partial charge in [0.25, 0.3) is 0 Å². The number of rotatable bonds is 3. The molecule has 0 aliphatic carbocycles. The minimum Gasteiger partial charge on any atom is -0.445 e. The normalized spacial score (nSPS) is 11.1. The van der Waals surface area contributed by atoms with E-state index < -0.39 is 12.4 Å². The maximum absolute atomic E-state index is 12.9. The van der Waals surface area contributed by atoms with Crippen LogP contribution in [0.2, 0.25) is 0 Å². The maximum atomic E-state index is 12.9. The summed E-state index contributed by atoms with van der Waals surface area (Å²) in [6.07, 6.45) is 0. The fourth-order valence-electron chi connectivity index (χ4n) is 1.78. The van der Waals surface area contributed by atoms with Gasteiger partial charge < -0.3 is 18.7 Å². The highest BCUT2D eigenvalue weighted by atomic mass is 19.4. The molecule has 0 bridgehead atoms. The van der Waals surface area contributed by atoms with Crippen molar-refractivity contribution in [3.63, 3.8) is 0 Å². The molecule has 92 valence electrons. The molecule has 1 rings (SSSR count). The van der Waals surface area contributed by atoms with Crippen molar-refractivity contribution in [1.29, 1.82) is 0 Å². The lowest BCUT2D eigenvalue weighted by Gasteiger charge is -2.24. The largest absolute Gasteiger partial charge is 0.510 e. The van der Waals surface area contributed by atoms with Gasteiger partial charge in [-0.2, -0.15) is 0 Å². The highest BCUT2D eigenvalue weighted by Gasteiger charge is 2.30. The van der Waals surface area contributed by atoms with Gasteiger partial charge >= 0.3 is 6.98 Å². The summed E-state index contributed by atoms with van der Waals surface area (Å²) in [7, 11) is 0. The summed E-state index contributed by atoms with van der Waals surface area (Å²) in [4.78, 5) is 2.52.